The minimum Gasteiger partial charge on any atom is -0.497 e. The van der Waals surface area contributed by atoms with Gasteiger partial charge in [0.1, 0.15) is 18.1 Å². The summed E-state index contributed by atoms with van der Waals surface area (Å²) in [6.07, 6.45) is 0. The van der Waals surface area contributed by atoms with Gasteiger partial charge in [0.05, 0.1) is 18.8 Å². The highest BCUT2D eigenvalue weighted by molar-refractivity contribution is 9.10. The lowest BCUT2D eigenvalue weighted by atomic mass is 10.1. The van der Waals surface area contributed by atoms with Gasteiger partial charge in [-0.3, -0.25) is 0 Å². The van der Waals surface area contributed by atoms with Gasteiger partial charge in [-0.2, -0.15) is 0 Å². The van der Waals surface area contributed by atoms with Crippen molar-refractivity contribution in [2.75, 3.05) is 19.0 Å². The van der Waals surface area contributed by atoms with Crippen molar-refractivity contribution in [3.05, 3.63) is 52.5 Å². The molecule has 98 valence electrons. The Morgan fingerprint density at radius 1 is 1.21 bits per heavy atom. The van der Waals surface area contributed by atoms with Crippen molar-refractivity contribution >= 4 is 21.6 Å². The van der Waals surface area contributed by atoms with Crippen LogP contribution in [0.2, 0.25) is 0 Å². The van der Waals surface area contributed by atoms with Crippen LogP contribution in [0.3, 0.4) is 0 Å². The molecule has 3 rings (SSSR count). The predicted molar refractivity (Wildman–Crippen MR) is 79.0 cm³/mol. The summed E-state index contributed by atoms with van der Waals surface area (Å²) < 4.78 is 12.0. The van der Waals surface area contributed by atoms with E-state index < -0.39 is 0 Å². The summed E-state index contributed by atoms with van der Waals surface area (Å²) in [5.41, 5.74) is 2.21. The molecule has 0 saturated heterocycles. The van der Waals surface area contributed by atoms with Crippen LogP contribution in [0.1, 0.15) is 11.6 Å². The van der Waals surface area contributed by atoms with Gasteiger partial charge < -0.3 is 14.8 Å². The van der Waals surface area contributed by atoms with Crippen LogP contribution in [0.4, 0.5) is 5.69 Å². The van der Waals surface area contributed by atoms with Crippen LogP contribution in [-0.2, 0) is 0 Å². The summed E-state index contributed by atoms with van der Waals surface area (Å²) in [5.74, 6) is 1.75. The number of benzene rings is 2. The zero-order valence-electron chi connectivity index (χ0n) is 10.5. The van der Waals surface area contributed by atoms with Crippen LogP contribution in [0.15, 0.2) is 46.9 Å². The van der Waals surface area contributed by atoms with E-state index in [2.05, 4.69) is 33.4 Å². The molecule has 1 aliphatic rings. The smallest absolute Gasteiger partial charge is 0.143 e. The fourth-order valence-electron chi connectivity index (χ4n) is 2.15. The van der Waals surface area contributed by atoms with Gasteiger partial charge in [0, 0.05) is 4.47 Å². The zero-order chi connectivity index (χ0) is 13.2. The highest BCUT2D eigenvalue weighted by Gasteiger charge is 2.20. The van der Waals surface area contributed by atoms with E-state index in [9.17, 15) is 0 Å². The first-order valence-corrected chi connectivity index (χ1v) is 6.88. The number of anilines is 1. The number of rotatable bonds is 2. The SMILES string of the molecule is COc1ccc(C2COc3cc(Br)ccc3N2)cc1. The maximum Gasteiger partial charge on any atom is 0.143 e. The maximum atomic E-state index is 5.80. The predicted octanol–water partition coefficient (Wildman–Crippen LogP) is 4.00. The standard InChI is InChI=1S/C15H14BrNO2/c1-18-12-5-2-10(3-6-12)14-9-19-15-8-11(16)4-7-13(15)17-14/h2-8,14,17H,9H2,1H3. The van der Waals surface area contributed by atoms with Gasteiger partial charge in [0.25, 0.3) is 0 Å². The Labute approximate surface area is 120 Å². The lowest BCUT2D eigenvalue weighted by molar-refractivity contribution is 0.286. The van der Waals surface area contributed by atoms with E-state index in [0.717, 1.165) is 21.7 Å². The Balaban J connectivity index is 1.82. The quantitative estimate of drug-likeness (QED) is 0.907. The van der Waals surface area contributed by atoms with Crippen LogP contribution in [0, 0.1) is 0 Å². The summed E-state index contributed by atoms with van der Waals surface area (Å²) in [4.78, 5) is 0. The Hall–Kier alpha value is -1.68. The second kappa shape index (κ2) is 5.13. The van der Waals surface area contributed by atoms with Gasteiger partial charge in [-0.15, -0.1) is 0 Å². The first-order chi connectivity index (χ1) is 9.26. The largest absolute Gasteiger partial charge is 0.497 e. The van der Waals surface area contributed by atoms with Gasteiger partial charge in [-0.1, -0.05) is 28.1 Å². The van der Waals surface area contributed by atoms with Crippen LogP contribution >= 0.6 is 15.9 Å². The van der Waals surface area contributed by atoms with E-state index in [0.29, 0.717) is 6.61 Å². The minimum atomic E-state index is 0.166. The first kappa shape index (κ1) is 12.4. The van der Waals surface area contributed by atoms with Crippen molar-refractivity contribution in [1.29, 1.82) is 0 Å². The Morgan fingerprint density at radius 2 is 2.00 bits per heavy atom. The molecule has 0 saturated carbocycles. The highest BCUT2D eigenvalue weighted by atomic mass is 79.9. The van der Waals surface area contributed by atoms with Gasteiger partial charge >= 0.3 is 0 Å². The van der Waals surface area contributed by atoms with E-state index in [-0.39, 0.29) is 6.04 Å². The van der Waals surface area contributed by atoms with Gasteiger partial charge in [-0.25, -0.2) is 0 Å². The number of methoxy groups -OCH3 is 1. The average molecular weight is 320 g/mol. The van der Waals surface area contributed by atoms with Gasteiger partial charge in [-0.05, 0) is 35.9 Å². The van der Waals surface area contributed by atoms with E-state index in [1.165, 1.54) is 5.56 Å². The number of hydrogen-bond acceptors (Lipinski definition) is 3. The molecule has 1 N–H and O–H groups in total. The fourth-order valence-corrected chi connectivity index (χ4v) is 2.49. The molecule has 2 aromatic carbocycles. The molecule has 19 heavy (non-hydrogen) atoms. The summed E-state index contributed by atoms with van der Waals surface area (Å²) in [5, 5.41) is 3.49. The number of nitrogens with one attached hydrogen (secondary N) is 1. The topological polar surface area (TPSA) is 30.5 Å². The first-order valence-electron chi connectivity index (χ1n) is 6.09. The molecule has 0 aromatic heterocycles. The zero-order valence-corrected chi connectivity index (χ0v) is 12.1. The molecular weight excluding hydrogens is 306 g/mol. The molecule has 0 spiro atoms. The van der Waals surface area contributed by atoms with Crippen molar-refractivity contribution in [3.8, 4) is 11.5 Å². The number of fused-ring (bicyclic) bond motifs is 1. The number of ether oxygens (including phenoxy) is 2. The molecule has 0 radical (unpaired) electrons. The third-order valence-electron chi connectivity index (χ3n) is 3.20. The molecule has 1 heterocycles. The van der Waals surface area contributed by atoms with Crippen LogP contribution in [-0.4, -0.2) is 13.7 Å². The molecule has 1 unspecified atom stereocenters. The number of hydrogen-bond donors (Lipinski definition) is 1. The molecule has 0 aliphatic carbocycles. The summed E-state index contributed by atoms with van der Waals surface area (Å²) >= 11 is 3.44. The molecule has 2 aromatic rings. The van der Waals surface area contributed by atoms with Crippen molar-refractivity contribution < 1.29 is 9.47 Å². The summed E-state index contributed by atoms with van der Waals surface area (Å²) in [7, 11) is 1.67. The minimum absolute atomic E-state index is 0.166. The van der Waals surface area contributed by atoms with Crippen molar-refractivity contribution in [2.45, 2.75) is 6.04 Å². The average Bonchev–Trinajstić information content (AvgIpc) is 2.47. The lowest BCUT2D eigenvalue weighted by Crippen LogP contribution is -2.23. The highest BCUT2D eigenvalue weighted by Crippen LogP contribution is 2.35. The molecule has 0 fully saturated rings. The lowest BCUT2D eigenvalue weighted by Gasteiger charge is -2.28. The summed E-state index contributed by atoms with van der Waals surface area (Å²) in [6, 6.07) is 14.2. The van der Waals surface area contributed by atoms with Crippen molar-refractivity contribution in [2.24, 2.45) is 0 Å². The number of halogens is 1. The maximum absolute atomic E-state index is 5.80. The van der Waals surface area contributed by atoms with Crippen LogP contribution in [0.25, 0.3) is 0 Å². The van der Waals surface area contributed by atoms with E-state index in [1.807, 2.05) is 30.3 Å². The monoisotopic (exact) mass is 319 g/mol. The second-order valence-corrected chi connectivity index (χ2v) is 5.34. The second-order valence-electron chi connectivity index (χ2n) is 4.42. The molecule has 1 aliphatic heterocycles. The van der Waals surface area contributed by atoms with Gasteiger partial charge in [0.15, 0.2) is 0 Å². The Morgan fingerprint density at radius 3 is 2.74 bits per heavy atom. The summed E-state index contributed by atoms with van der Waals surface area (Å²) in [6.45, 7) is 0.621. The van der Waals surface area contributed by atoms with Crippen molar-refractivity contribution in [1.82, 2.24) is 0 Å². The van der Waals surface area contributed by atoms with Crippen molar-refractivity contribution in [3.63, 3.8) is 0 Å². The van der Waals surface area contributed by atoms with E-state index in [4.69, 9.17) is 9.47 Å². The third kappa shape index (κ3) is 2.54. The normalized spacial score (nSPS) is 17.1. The molecular formula is C15H14BrNO2. The fraction of sp³-hybridized carbons (Fsp3) is 0.200. The molecule has 1 atom stereocenters. The van der Waals surface area contributed by atoms with Crippen LogP contribution in [0.5, 0.6) is 11.5 Å². The Kier molecular flexibility index (Phi) is 3.34. The van der Waals surface area contributed by atoms with Crippen LogP contribution < -0.4 is 14.8 Å². The molecule has 4 heteroatoms. The molecule has 0 bridgehead atoms. The van der Waals surface area contributed by atoms with E-state index >= 15 is 0 Å². The molecule has 3 nitrogen and oxygen atoms in total. The van der Waals surface area contributed by atoms with Gasteiger partial charge in [0.2, 0.25) is 0 Å². The third-order valence-corrected chi connectivity index (χ3v) is 3.69. The molecule has 0 amide bonds. The van der Waals surface area contributed by atoms with E-state index in [1.54, 1.807) is 7.11 Å². The Bertz CT molecular complexity index is 583.